The molecule has 2 N–H and O–H groups in total. The van der Waals surface area contributed by atoms with E-state index in [0.29, 0.717) is 30.5 Å². The third-order valence-electron chi connectivity index (χ3n) is 2.96. The minimum Gasteiger partial charge on any atom is -0.385 e. The Labute approximate surface area is 97.2 Å². The van der Waals surface area contributed by atoms with E-state index in [2.05, 4.69) is 5.32 Å². The lowest BCUT2D eigenvalue weighted by Gasteiger charge is -2.38. The molecule has 0 bridgehead atoms. The second kappa shape index (κ2) is 4.03. The molecule has 16 heavy (non-hydrogen) atoms. The van der Waals surface area contributed by atoms with Crippen LogP contribution in [0.4, 0.5) is 10.1 Å². The van der Waals surface area contributed by atoms with E-state index in [0.717, 1.165) is 6.42 Å². The predicted molar refractivity (Wildman–Crippen MR) is 58.8 cm³/mol. The highest BCUT2D eigenvalue weighted by Gasteiger charge is 2.38. The standard InChI is InChI=1S/C11H11ClFNO2/c12-8-5-10(14-6-15)7(4-9(8)13)11(16)2-1-3-11/h4-6,16H,1-3H2,(H,14,15). The first-order valence-corrected chi connectivity index (χ1v) is 5.37. The number of carbonyl (C=O) groups is 1. The molecule has 1 amide bonds. The molecule has 1 saturated carbocycles. The van der Waals surface area contributed by atoms with E-state index in [1.807, 2.05) is 0 Å². The zero-order chi connectivity index (χ0) is 11.8. The third kappa shape index (κ3) is 1.79. The molecule has 0 radical (unpaired) electrons. The molecule has 1 fully saturated rings. The van der Waals surface area contributed by atoms with Gasteiger partial charge in [-0.2, -0.15) is 0 Å². The first-order valence-electron chi connectivity index (χ1n) is 4.99. The van der Waals surface area contributed by atoms with Gasteiger partial charge in [-0.05, 0) is 31.4 Å². The summed E-state index contributed by atoms with van der Waals surface area (Å²) >= 11 is 5.62. The Kier molecular flexibility index (Phi) is 2.86. The Morgan fingerprint density at radius 3 is 2.69 bits per heavy atom. The highest BCUT2D eigenvalue weighted by molar-refractivity contribution is 6.31. The van der Waals surface area contributed by atoms with Gasteiger partial charge in [0.1, 0.15) is 5.82 Å². The van der Waals surface area contributed by atoms with Crippen molar-refractivity contribution in [3.05, 3.63) is 28.5 Å². The smallest absolute Gasteiger partial charge is 0.211 e. The number of halogens is 2. The molecule has 0 aromatic heterocycles. The Morgan fingerprint density at radius 2 is 2.19 bits per heavy atom. The Hall–Kier alpha value is -1.13. The summed E-state index contributed by atoms with van der Waals surface area (Å²) in [5, 5.41) is 12.5. The fourth-order valence-corrected chi connectivity index (χ4v) is 2.06. The number of anilines is 1. The molecule has 1 aliphatic carbocycles. The van der Waals surface area contributed by atoms with Crippen molar-refractivity contribution < 1.29 is 14.3 Å². The van der Waals surface area contributed by atoms with E-state index in [-0.39, 0.29) is 5.02 Å². The molecule has 2 rings (SSSR count). The number of aliphatic hydroxyl groups is 1. The molecule has 1 aromatic carbocycles. The van der Waals surface area contributed by atoms with E-state index < -0.39 is 11.4 Å². The number of rotatable bonds is 3. The summed E-state index contributed by atoms with van der Waals surface area (Å²) in [6.07, 6.45) is 2.51. The molecule has 0 saturated heterocycles. The first kappa shape index (κ1) is 11.4. The van der Waals surface area contributed by atoms with Crippen molar-refractivity contribution in [2.24, 2.45) is 0 Å². The van der Waals surface area contributed by atoms with Crippen LogP contribution in [0.2, 0.25) is 5.02 Å². The second-order valence-electron chi connectivity index (χ2n) is 3.96. The van der Waals surface area contributed by atoms with Crippen LogP contribution in [0.5, 0.6) is 0 Å². The number of hydrogen-bond donors (Lipinski definition) is 2. The van der Waals surface area contributed by atoms with Crippen LogP contribution in [0, 0.1) is 5.82 Å². The Balaban J connectivity index is 2.48. The molecule has 0 spiro atoms. The van der Waals surface area contributed by atoms with Gasteiger partial charge in [-0.25, -0.2) is 4.39 Å². The SMILES string of the molecule is O=CNc1cc(Cl)c(F)cc1C1(O)CCC1. The minimum absolute atomic E-state index is 0.0731. The number of benzene rings is 1. The molecule has 5 heteroatoms. The van der Waals surface area contributed by atoms with Gasteiger partial charge >= 0.3 is 0 Å². The first-order chi connectivity index (χ1) is 7.57. The van der Waals surface area contributed by atoms with Crippen LogP contribution in [0.25, 0.3) is 0 Å². The largest absolute Gasteiger partial charge is 0.385 e. The quantitative estimate of drug-likeness (QED) is 0.801. The molecule has 3 nitrogen and oxygen atoms in total. The molecule has 1 aliphatic rings. The summed E-state index contributed by atoms with van der Waals surface area (Å²) in [5.41, 5.74) is -0.270. The summed E-state index contributed by atoms with van der Waals surface area (Å²) in [5.74, 6) is -0.589. The highest BCUT2D eigenvalue weighted by atomic mass is 35.5. The fraction of sp³-hybridized carbons (Fsp3) is 0.364. The van der Waals surface area contributed by atoms with Crippen LogP contribution >= 0.6 is 11.6 Å². The fourth-order valence-electron chi connectivity index (χ4n) is 1.90. The maximum atomic E-state index is 13.3. The topological polar surface area (TPSA) is 49.3 Å². The zero-order valence-electron chi connectivity index (χ0n) is 8.46. The molecule has 0 atom stereocenters. The summed E-state index contributed by atoms with van der Waals surface area (Å²) in [7, 11) is 0. The van der Waals surface area contributed by atoms with Crippen molar-refractivity contribution in [2.45, 2.75) is 24.9 Å². The Morgan fingerprint density at radius 1 is 1.50 bits per heavy atom. The summed E-state index contributed by atoms with van der Waals surface area (Å²) < 4.78 is 13.3. The summed E-state index contributed by atoms with van der Waals surface area (Å²) in [6.45, 7) is 0. The van der Waals surface area contributed by atoms with E-state index >= 15 is 0 Å². The predicted octanol–water partition coefficient (Wildman–Crippen LogP) is 2.42. The summed E-state index contributed by atoms with van der Waals surface area (Å²) in [4.78, 5) is 10.4. The van der Waals surface area contributed by atoms with Gasteiger partial charge in [0.05, 0.1) is 10.6 Å². The molecular formula is C11H11ClFNO2. The lowest BCUT2D eigenvalue weighted by atomic mass is 9.74. The minimum atomic E-state index is -1.03. The maximum Gasteiger partial charge on any atom is 0.211 e. The van der Waals surface area contributed by atoms with Crippen molar-refractivity contribution in [1.29, 1.82) is 0 Å². The zero-order valence-corrected chi connectivity index (χ0v) is 9.22. The molecule has 0 unspecified atom stereocenters. The van der Waals surface area contributed by atoms with Gasteiger partial charge in [0.25, 0.3) is 0 Å². The van der Waals surface area contributed by atoms with Gasteiger partial charge in [0, 0.05) is 11.3 Å². The van der Waals surface area contributed by atoms with Crippen LogP contribution in [0.1, 0.15) is 24.8 Å². The van der Waals surface area contributed by atoms with Gasteiger partial charge in [-0.1, -0.05) is 11.6 Å². The highest BCUT2D eigenvalue weighted by Crippen LogP contribution is 2.45. The molecule has 0 aliphatic heterocycles. The van der Waals surface area contributed by atoms with Crippen molar-refractivity contribution in [1.82, 2.24) is 0 Å². The molecule has 86 valence electrons. The molecule has 1 aromatic rings. The monoisotopic (exact) mass is 243 g/mol. The van der Waals surface area contributed by atoms with Crippen LogP contribution < -0.4 is 5.32 Å². The average molecular weight is 244 g/mol. The van der Waals surface area contributed by atoms with Crippen LogP contribution in [0.3, 0.4) is 0 Å². The normalized spacial score (nSPS) is 17.7. The van der Waals surface area contributed by atoms with Crippen molar-refractivity contribution in [3.63, 3.8) is 0 Å². The van der Waals surface area contributed by atoms with E-state index in [1.54, 1.807) is 0 Å². The number of amides is 1. The summed E-state index contributed by atoms with van der Waals surface area (Å²) in [6, 6.07) is 2.50. The second-order valence-corrected chi connectivity index (χ2v) is 4.37. The van der Waals surface area contributed by atoms with Gasteiger partial charge in [0.2, 0.25) is 6.41 Å². The average Bonchev–Trinajstić information content (AvgIpc) is 2.20. The van der Waals surface area contributed by atoms with Gasteiger partial charge in [-0.3, -0.25) is 4.79 Å². The lowest BCUT2D eigenvalue weighted by Crippen LogP contribution is -2.34. The van der Waals surface area contributed by atoms with E-state index in [4.69, 9.17) is 11.6 Å². The molecular weight excluding hydrogens is 233 g/mol. The van der Waals surface area contributed by atoms with Gasteiger partial charge in [0.15, 0.2) is 0 Å². The van der Waals surface area contributed by atoms with Crippen LogP contribution in [0.15, 0.2) is 12.1 Å². The van der Waals surface area contributed by atoms with Crippen LogP contribution in [-0.2, 0) is 10.4 Å². The number of nitrogens with one attached hydrogen (secondary N) is 1. The maximum absolute atomic E-state index is 13.3. The Bertz CT molecular complexity index is 432. The van der Waals surface area contributed by atoms with Crippen molar-refractivity contribution >= 4 is 23.7 Å². The van der Waals surface area contributed by atoms with Gasteiger partial charge < -0.3 is 10.4 Å². The molecule has 0 heterocycles. The number of carbonyl (C=O) groups excluding carboxylic acids is 1. The number of hydrogen-bond acceptors (Lipinski definition) is 2. The van der Waals surface area contributed by atoms with Crippen molar-refractivity contribution in [3.8, 4) is 0 Å². The van der Waals surface area contributed by atoms with Crippen LogP contribution in [-0.4, -0.2) is 11.5 Å². The van der Waals surface area contributed by atoms with E-state index in [1.165, 1.54) is 12.1 Å². The van der Waals surface area contributed by atoms with Crippen molar-refractivity contribution in [2.75, 3.05) is 5.32 Å². The lowest BCUT2D eigenvalue weighted by molar-refractivity contribution is -0.105. The van der Waals surface area contributed by atoms with E-state index in [9.17, 15) is 14.3 Å². The third-order valence-corrected chi connectivity index (χ3v) is 3.25. The van der Waals surface area contributed by atoms with Gasteiger partial charge in [-0.15, -0.1) is 0 Å².